The number of amides is 1. The number of hydrogen-bond acceptors (Lipinski definition) is 6. The molecule has 0 atom stereocenters. The number of ether oxygens (including phenoxy) is 1. The van der Waals surface area contributed by atoms with Crippen LogP contribution in [0, 0.1) is 6.92 Å². The summed E-state index contributed by atoms with van der Waals surface area (Å²) in [4.78, 5) is 22.1. The molecule has 0 radical (unpaired) electrons. The van der Waals surface area contributed by atoms with E-state index in [4.69, 9.17) is 9.15 Å². The second kappa shape index (κ2) is 8.61. The van der Waals surface area contributed by atoms with Gasteiger partial charge in [-0.2, -0.15) is 0 Å². The van der Waals surface area contributed by atoms with E-state index in [1.54, 1.807) is 43.8 Å². The van der Waals surface area contributed by atoms with Crippen LogP contribution in [0.4, 0.5) is 0 Å². The molecule has 4 aromatic rings. The third kappa shape index (κ3) is 3.89. The Balaban J connectivity index is 1.56. The summed E-state index contributed by atoms with van der Waals surface area (Å²) in [6, 6.07) is 3.87. The predicted octanol–water partition coefficient (Wildman–Crippen LogP) is 4.69. The molecule has 7 nitrogen and oxygen atoms in total. The maximum atomic E-state index is 12.2. The maximum absolute atomic E-state index is 12.2. The summed E-state index contributed by atoms with van der Waals surface area (Å²) in [7, 11) is 3.55. The third-order valence-corrected chi connectivity index (χ3v) is 5.96. The highest BCUT2D eigenvalue weighted by molar-refractivity contribution is 7.22. The second-order valence-electron chi connectivity index (χ2n) is 6.80. The molecule has 0 fully saturated rings. The van der Waals surface area contributed by atoms with Crippen LogP contribution < -0.4 is 10.1 Å². The monoisotopic (exact) mass is 434 g/mol. The lowest BCUT2D eigenvalue weighted by Gasteiger charge is -2.04. The van der Waals surface area contributed by atoms with E-state index in [9.17, 15) is 4.79 Å². The normalized spacial score (nSPS) is 11.3. The summed E-state index contributed by atoms with van der Waals surface area (Å²) >= 11 is 1.59. The Hall–Kier alpha value is -3.65. The lowest BCUT2D eigenvalue weighted by Crippen LogP contribution is -2.19. The van der Waals surface area contributed by atoms with Crippen LogP contribution in [0.3, 0.4) is 0 Å². The summed E-state index contributed by atoms with van der Waals surface area (Å²) in [5.41, 5.74) is 2.05. The number of pyridine rings is 1. The Bertz CT molecular complexity index is 1300. The molecule has 158 valence electrons. The number of carbonyl (C=O) groups excluding carboxylic acids is 1. The van der Waals surface area contributed by atoms with Crippen LogP contribution in [0.5, 0.6) is 5.75 Å². The van der Waals surface area contributed by atoms with Gasteiger partial charge >= 0.3 is 0 Å². The Labute approximate surface area is 183 Å². The van der Waals surface area contributed by atoms with Crippen molar-refractivity contribution in [3.8, 4) is 16.5 Å². The van der Waals surface area contributed by atoms with Crippen molar-refractivity contribution < 1.29 is 13.9 Å². The van der Waals surface area contributed by atoms with E-state index in [1.807, 2.05) is 42.1 Å². The number of thiophene rings is 1. The molecule has 0 aliphatic heterocycles. The zero-order valence-corrected chi connectivity index (χ0v) is 18.3. The number of aryl methyl sites for hydroxylation is 2. The van der Waals surface area contributed by atoms with Gasteiger partial charge < -0.3 is 19.0 Å². The number of imidazole rings is 1. The largest absolute Gasteiger partial charge is 0.488 e. The lowest BCUT2D eigenvalue weighted by atomic mass is 10.1. The fourth-order valence-corrected chi connectivity index (χ4v) is 4.48. The molecule has 0 saturated heterocycles. The minimum absolute atomic E-state index is 0.203. The molecule has 4 heterocycles. The minimum atomic E-state index is -0.203. The van der Waals surface area contributed by atoms with Crippen molar-refractivity contribution in [1.82, 2.24) is 19.9 Å². The number of rotatable bonds is 7. The maximum Gasteiger partial charge on any atom is 0.255 e. The van der Waals surface area contributed by atoms with Crippen LogP contribution in [0.15, 0.2) is 47.8 Å². The van der Waals surface area contributed by atoms with Gasteiger partial charge in [0.2, 0.25) is 0 Å². The van der Waals surface area contributed by atoms with Crippen molar-refractivity contribution in [3.05, 3.63) is 66.0 Å². The van der Waals surface area contributed by atoms with Gasteiger partial charge in [0.1, 0.15) is 29.7 Å². The van der Waals surface area contributed by atoms with Crippen molar-refractivity contribution in [1.29, 1.82) is 0 Å². The van der Waals surface area contributed by atoms with Crippen LogP contribution in [0.25, 0.3) is 33.1 Å². The zero-order chi connectivity index (χ0) is 22.0. The van der Waals surface area contributed by atoms with E-state index in [1.165, 1.54) is 0 Å². The molecule has 31 heavy (non-hydrogen) atoms. The van der Waals surface area contributed by atoms with Crippen molar-refractivity contribution >= 4 is 39.6 Å². The first-order chi connectivity index (χ1) is 15.0. The van der Waals surface area contributed by atoms with Gasteiger partial charge in [-0.25, -0.2) is 4.98 Å². The average Bonchev–Trinajstić information content (AvgIpc) is 3.47. The van der Waals surface area contributed by atoms with E-state index in [0.29, 0.717) is 29.3 Å². The molecular weight excluding hydrogens is 412 g/mol. The van der Waals surface area contributed by atoms with Gasteiger partial charge in [-0.3, -0.25) is 9.78 Å². The topological polar surface area (TPSA) is 82.2 Å². The van der Waals surface area contributed by atoms with Gasteiger partial charge in [-0.05, 0) is 31.2 Å². The van der Waals surface area contributed by atoms with Gasteiger partial charge in [-0.1, -0.05) is 12.7 Å². The zero-order valence-electron chi connectivity index (χ0n) is 17.5. The highest BCUT2D eigenvalue weighted by atomic mass is 32.1. The van der Waals surface area contributed by atoms with Crippen LogP contribution in [0.1, 0.15) is 27.4 Å². The number of hydrogen-bond donors (Lipinski definition) is 1. The molecule has 1 amide bonds. The Morgan fingerprint density at radius 3 is 2.94 bits per heavy atom. The molecule has 4 rings (SSSR count). The molecule has 0 spiro atoms. The molecule has 0 aliphatic carbocycles. The minimum Gasteiger partial charge on any atom is -0.488 e. The first-order valence-electron chi connectivity index (χ1n) is 9.67. The fraction of sp³-hybridized carbons (Fsp3) is 0.174. The summed E-state index contributed by atoms with van der Waals surface area (Å²) < 4.78 is 14.6. The summed E-state index contributed by atoms with van der Waals surface area (Å²) in [5.74, 6) is 2.54. The number of nitrogens with zero attached hydrogens (tertiary/aromatic N) is 3. The molecule has 0 bridgehead atoms. The van der Waals surface area contributed by atoms with Gasteiger partial charge in [-0.15, -0.1) is 11.3 Å². The molecule has 0 saturated carbocycles. The van der Waals surface area contributed by atoms with Crippen LogP contribution in [-0.2, 0) is 7.05 Å². The molecular formula is C23H22N4O3S. The van der Waals surface area contributed by atoms with E-state index in [-0.39, 0.29) is 5.91 Å². The number of furan rings is 1. The van der Waals surface area contributed by atoms with E-state index in [2.05, 4.69) is 21.9 Å². The number of carbonyl (C=O) groups is 1. The van der Waals surface area contributed by atoms with Crippen molar-refractivity contribution in [2.45, 2.75) is 6.92 Å². The van der Waals surface area contributed by atoms with Crippen molar-refractivity contribution in [2.24, 2.45) is 7.05 Å². The average molecular weight is 435 g/mol. The van der Waals surface area contributed by atoms with Crippen molar-refractivity contribution in [3.63, 3.8) is 0 Å². The number of aromatic nitrogens is 3. The number of nitrogens with one attached hydrogen (secondary N) is 1. The van der Waals surface area contributed by atoms with Crippen molar-refractivity contribution in [2.75, 3.05) is 13.7 Å². The lowest BCUT2D eigenvalue weighted by molar-refractivity contribution is 0.0961. The van der Waals surface area contributed by atoms with Crippen LogP contribution >= 0.6 is 11.3 Å². The summed E-state index contributed by atoms with van der Waals surface area (Å²) in [6.07, 6.45) is 10.7. The third-order valence-electron chi connectivity index (χ3n) is 4.83. The van der Waals surface area contributed by atoms with Gasteiger partial charge in [0.15, 0.2) is 0 Å². The first kappa shape index (κ1) is 20.6. The molecule has 1 N–H and O–H groups in total. The SMILES string of the molecule is C=Cc1oc(C)c(C(=O)NC)c1/C=C\COc1ccnc2cc(-c3nccn3C)sc12. The van der Waals surface area contributed by atoms with Gasteiger partial charge in [0.25, 0.3) is 5.91 Å². The van der Waals surface area contributed by atoms with Gasteiger partial charge in [0.05, 0.1) is 20.7 Å². The number of fused-ring (bicyclic) bond motifs is 1. The molecule has 4 aromatic heterocycles. The quantitative estimate of drug-likeness (QED) is 0.456. The highest BCUT2D eigenvalue weighted by Crippen LogP contribution is 2.36. The van der Waals surface area contributed by atoms with E-state index < -0.39 is 0 Å². The first-order valence-corrected chi connectivity index (χ1v) is 10.5. The molecule has 0 aliphatic rings. The van der Waals surface area contributed by atoms with Crippen LogP contribution in [-0.4, -0.2) is 34.1 Å². The fourth-order valence-electron chi connectivity index (χ4n) is 3.35. The molecule has 0 aromatic carbocycles. The summed E-state index contributed by atoms with van der Waals surface area (Å²) in [6.45, 7) is 5.85. The van der Waals surface area contributed by atoms with Gasteiger partial charge in [0, 0.05) is 38.2 Å². The molecule has 8 heteroatoms. The molecule has 0 unspecified atom stereocenters. The Morgan fingerprint density at radius 2 is 2.23 bits per heavy atom. The predicted molar refractivity (Wildman–Crippen MR) is 123 cm³/mol. The Morgan fingerprint density at radius 1 is 1.39 bits per heavy atom. The Kier molecular flexibility index (Phi) is 5.73. The smallest absolute Gasteiger partial charge is 0.255 e. The van der Waals surface area contributed by atoms with E-state index >= 15 is 0 Å². The highest BCUT2D eigenvalue weighted by Gasteiger charge is 2.19. The standard InChI is InChI=1S/C23H22N4O3S/c1-5-17-15(20(14(2)30-17)23(28)24-3)7-6-12-29-18-8-9-25-16-13-19(31-21(16)18)22-26-10-11-27(22)4/h5-11,13H,1,12H2,2-4H3,(H,24,28)/b7-6-. The summed E-state index contributed by atoms with van der Waals surface area (Å²) in [5, 5.41) is 2.64. The van der Waals surface area contributed by atoms with E-state index in [0.717, 1.165) is 26.7 Å². The van der Waals surface area contributed by atoms with Crippen LogP contribution in [0.2, 0.25) is 0 Å². The second-order valence-corrected chi connectivity index (χ2v) is 7.86.